The van der Waals surface area contributed by atoms with Gasteiger partial charge in [-0.1, -0.05) is 32.0 Å². The van der Waals surface area contributed by atoms with Gasteiger partial charge >= 0.3 is 0 Å². The number of hydrogen-bond acceptors (Lipinski definition) is 3. The highest BCUT2D eigenvalue weighted by Gasteiger charge is 2.12. The molecule has 1 heterocycles. The first-order valence-corrected chi connectivity index (χ1v) is 8.22. The molecule has 1 aromatic carbocycles. The lowest BCUT2D eigenvalue weighted by Gasteiger charge is -2.13. The van der Waals surface area contributed by atoms with Gasteiger partial charge in [0.05, 0.1) is 0 Å². The minimum absolute atomic E-state index is 0.531. The van der Waals surface area contributed by atoms with Gasteiger partial charge in [-0.15, -0.1) is 0 Å². The second-order valence-electron chi connectivity index (χ2n) is 4.79. The van der Waals surface area contributed by atoms with Crippen molar-refractivity contribution in [1.82, 2.24) is 5.32 Å². The van der Waals surface area contributed by atoms with E-state index in [2.05, 4.69) is 38.2 Å². The van der Waals surface area contributed by atoms with Crippen LogP contribution >= 0.6 is 11.8 Å². The molecule has 104 valence electrons. The minimum Gasteiger partial charge on any atom is -0.461 e. The number of fused-ring (bicyclic) bond motifs is 1. The van der Waals surface area contributed by atoms with Crippen molar-refractivity contribution in [1.29, 1.82) is 0 Å². The van der Waals surface area contributed by atoms with Crippen LogP contribution in [-0.4, -0.2) is 17.5 Å². The van der Waals surface area contributed by atoms with E-state index >= 15 is 0 Å². The van der Waals surface area contributed by atoms with Crippen molar-refractivity contribution >= 4 is 22.7 Å². The SMILES string of the molecule is CCSCC(C)NCc1c(CC)oc2ccccc12. The van der Waals surface area contributed by atoms with Crippen LogP contribution in [-0.2, 0) is 13.0 Å². The second-order valence-corrected chi connectivity index (χ2v) is 6.11. The maximum atomic E-state index is 5.92. The average molecular weight is 277 g/mol. The molecule has 1 unspecified atom stereocenters. The predicted molar refractivity (Wildman–Crippen MR) is 84.9 cm³/mol. The van der Waals surface area contributed by atoms with Gasteiger partial charge in [-0.3, -0.25) is 0 Å². The number of benzene rings is 1. The van der Waals surface area contributed by atoms with E-state index in [-0.39, 0.29) is 0 Å². The topological polar surface area (TPSA) is 25.2 Å². The Morgan fingerprint density at radius 3 is 2.79 bits per heavy atom. The quantitative estimate of drug-likeness (QED) is 0.820. The molecule has 0 fully saturated rings. The molecule has 2 rings (SSSR count). The molecule has 0 bridgehead atoms. The molecule has 0 amide bonds. The normalized spacial score (nSPS) is 13.0. The van der Waals surface area contributed by atoms with Gasteiger partial charge in [-0.25, -0.2) is 0 Å². The molecule has 0 saturated carbocycles. The van der Waals surface area contributed by atoms with Gasteiger partial charge in [0.25, 0.3) is 0 Å². The van der Waals surface area contributed by atoms with Crippen LogP contribution in [0, 0.1) is 0 Å². The Bertz CT molecular complexity index is 520. The van der Waals surface area contributed by atoms with Crippen LogP contribution in [0.5, 0.6) is 0 Å². The molecule has 0 aliphatic carbocycles. The summed E-state index contributed by atoms with van der Waals surface area (Å²) in [5.74, 6) is 3.46. The van der Waals surface area contributed by atoms with E-state index in [0.717, 1.165) is 30.1 Å². The largest absolute Gasteiger partial charge is 0.461 e. The highest BCUT2D eigenvalue weighted by Crippen LogP contribution is 2.26. The van der Waals surface area contributed by atoms with Gasteiger partial charge in [0.15, 0.2) is 0 Å². The van der Waals surface area contributed by atoms with Gasteiger partial charge in [-0.2, -0.15) is 11.8 Å². The molecule has 19 heavy (non-hydrogen) atoms. The molecule has 2 aromatic rings. The monoisotopic (exact) mass is 277 g/mol. The summed E-state index contributed by atoms with van der Waals surface area (Å²) >= 11 is 1.98. The number of furan rings is 1. The maximum Gasteiger partial charge on any atom is 0.134 e. The third-order valence-electron chi connectivity index (χ3n) is 3.30. The lowest BCUT2D eigenvalue weighted by atomic mass is 10.1. The van der Waals surface area contributed by atoms with Gasteiger partial charge in [0.2, 0.25) is 0 Å². The Morgan fingerprint density at radius 1 is 1.26 bits per heavy atom. The fourth-order valence-electron chi connectivity index (χ4n) is 2.26. The lowest BCUT2D eigenvalue weighted by Crippen LogP contribution is -2.28. The predicted octanol–water partition coefficient (Wildman–Crippen LogP) is 4.23. The molecule has 2 nitrogen and oxygen atoms in total. The zero-order chi connectivity index (χ0) is 13.7. The van der Waals surface area contributed by atoms with Crippen LogP contribution in [0.2, 0.25) is 0 Å². The molecule has 1 atom stereocenters. The standard InChI is InChI=1S/C16H23NOS/c1-4-15-14(10-17-12(3)11-19-5-2)13-8-6-7-9-16(13)18-15/h6-9,12,17H,4-5,10-11H2,1-3H3. The zero-order valence-corrected chi connectivity index (χ0v) is 12.8. The first kappa shape index (κ1) is 14.5. The van der Waals surface area contributed by atoms with Gasteiger partial charge in [0, 0.05) is 35.7 Å². The second kappa shape index (κ2) is 7.01. The van der Waals surface area contributed by atoms with Crippen molar-refractivity contribution in [2.45, 2.75) is 39.8 Å². The first-order valence-electron chi connectivity index (χ1n) is 7.06. The summed E-state index contributed by atoms with van der Waals surface area (Å²) in [6.45, 7) is 7.50. The van der Waals surface area contributed by atoms with Crippen LogP contribution in [0.25, 0.3) is 11.0 Å². The summed E-state index contributed by atoms with van der Waals surface area (Å²) in [6.07, 6.45) is 0.948. The van der Waals surface area contributed by atoms with Gasteiger partial charge in [-0.05, 0) is 18.7 Å². The number of thioether (sulfide) groups is 1. The Balaban J connectivity index is 2.10. The summed E-state index contributed by atoms with van der Waals surface area (Å²) in [5.41, 5.74) is 2.33. The van der Waals surface area contributed by atoms with Crippen LogP contribution < -0.4 is 5.32 Å². The third kappa shape index (κ3) is 3.54. The average Bonchev–Trinajstić information content (AvgIpc) is 2.80. The molecule has 1 N–H and O–H groups in total. The first-order chi connectivity index (χ1) is 9.26. The minimum atomic E-state index is 0.531. The molecular formula is C16H23NOS. The van der Waals surface area contributed by atoms with Crippen LogP contribution in [0.4, 0.5) is 0 Å². The Labute approximate surface area is 119 Å². The van der Waals surface area contributed by atoms with Gasteiger partial charge < -0.3 is 9.73 Å². The highest BCUT2D eigenvalue weighted by molar-refractivity contribution is 7.99. The maximum absolute atomic E-state index is 5.92. The number of aryl methyl sites for hydroxylation is 1. The Hall–Kier alpha value is -0.930. The van der Waals surface area contributed by atoms with Crippen molar-refractivity contribution < 1.29 is 4.42 Å². The van der Waals surface area contributed by atoms with Crippen LogP contribution in [0.1, 0.15) is 32.1 Å². The summed E-state index contributed by atoms with van der Waals surface area (Å²) in [6, 6.07) is 8.85. The van der Waals surface area contributed by atoms with Crippen molar-refractivity contribution in [3.8, 4) is 0 Å². The lowest BCUT2D eigenvalue weighted by molar-refractivity contribution is 0.535. The summed E-state index contributed by atoms with van der Waals surface area (Å²) < 4.78 is 5.92. The van der Waals surface area contributed by atoms with Crippen molar-refractivity contribution in [3.05, 3.63) is 35.6 Å². The molecule has 0 saturated heterocycles. The van der Waals surface area contributed by atoms with E-state index in [1.54, 1.807) is 0 Å². The number of nitrogens with one attached hydrogen (secondary N) is 1. The van der Waals surface area contributed by atoms with Crippen LogP contribution in [0.3, 0.4) is 0 Å². The van der Waals surface area contributed by atoms with E-state index in [9.17, 15) is 0 Å². The number of para-hydroxylation sites is 1. The molecule has 0 spiro atoms. The highest BCUT2D eigenvalue weighted by atomic mass is 32.2. The zero-order valence-electron chi connectivity index (χ0n) is 12.0. The number of rotatable bonds is 7. The molecule has 0 aliphatic rings. The van der Waals surface area contributed by atoms with E-state index in [1.165, 1.54) is 16.7 Å². The van der Waals surface area contributed by atoms with Crippen molar-refractivity contribution in [3.63, 3.8) is 0 Å². The smallest absolute Gasteiger partial charge is 0.134 e. The summed E-state index contributed by atoms with van der Waals surface area (Å²) in [4.78, 5) is 0. The molecule has 3 heteroatoms. The van der Waals surface area contributed by atoms with E-state index in [0.29, 0.717) is 6.04 Å². The molecular weight excluding hydrogens is 254 g/mol. The van der Waals surface area contributed by atoms with Crippen molar-refractivity contribution in [2.75, 3.05) is 11.5 Å². The molecule has 0 radical (unpaired) electrons. The summed E-state index contributed by atoms with van der Waals surface area (Å²) in [5, 5.41) is 4.86. The molecule has 1 aromatic heterocycles. The van der Waals surface area contributed by atoms with E-state index in [1.807, 2.05) is 23.9 Å². The Kier molecular flexibility index (Phi) is 5.34. The van der Waals surface area contributed by atoms with E-state index in [4.69, 9.17) is 4.42 Å². The summed E-state index contributed by atoms with van der Waals surface area (Å²) in [7, 11) is 0. The third-order valence-corrected chi connectivity index (χ3v) is 4.45. The number of hydrogen-bond donors (Lipinski definition) is 1. The fraction of sp³-hybridized carbons (Fsp3) is 0.500. The molecule has 0 aliphatic heterocycles. The fourth-order valence-corrected chi connectivity index (χ4v) is 2.97. The van der Waals surface area contributed by atoms with Gasteiger partial charge in [0.1, 0.15) is 11.3 Å². The van der Waals surface area contributed by atoms with Crippen LogP contribution in [0.15, 0.2) is 28.7 Å². The Morgan fingerprint density at radius 2 is 2.05 bits per heavy atom. The van der Waals surface area contributed by atoms with Crippen molar-refractivity contribution in [2.24, 2.45) is 0 Å². The van der Waals surface area contributed by atoms with E-state index < -0.39 is 0 Å².